The molecular weight excluding hydrogens is 310 g/mol. The fraction of sp³-hybridized carbons (Fsp3) is 0.556. The van der Waals surface area contributed by atoms with Crippen LogP contribution in [0.3, 0.4) is 0 Å². The van der Waals surface area contributed by atoms with Crippen LogP contribution in [0.1, 0.15) is 24.8 Å². The van der Waals surface area contributed by atoms with Gasteiger partial charge in [-0.05, 0) is 30.9 Å². The van der Waals surface area contributed by atoms with E-state index < -0.39 is 17.3 Å². The van der Waals surface area contributed by atoms with Crippen LogP contribution in [-0.2, 0) is 20.7 Å². The first kappa shape index (κ1) is 18.3. The first-order chi connectivity index (χ1) is 11.5. The van der Waals surface area contributed by atoms with Crippen LogP contribution in [0.5, 0.6) is 5.75 Å². The fourth-order valence-electron chi connectivity index (χ4n) is 3.10. The molecule has 0 aliphatic heterocycles. The minimum atomic E-state index is -0.935. The number of benzene rings is 1. The van der Waals surface area contributed by atoms with Crippen molar-refractivity contribution in [2.24, 2.45) is 11.3 Å². The SMILES string of the molecule is COCC1(C(=O)NCC(Cc2ccccc2OC)C(=O)O)CCC1. The van der Waals surface area contributed by atoms with Crippen molar-refractivity contribution in [3.8, 4) is 5.75 Å². The van der Waals surface area contributed by atoms with Crippen LogP contribution in [-0.4, -0.2) is 44.4 Å². The van der Waals surface area contributed by atoms with Crippen molar-refractivity contribution in [1.82, 2.24) is 5.32 Å². The van der Waals surface area contributed by atoms with Crippen LogP contribution >= 0.6 is 0 Å². The number of aliphatic carboxylic acids is 1. The van der Waals surface area contributed by atoms with Crippen molar-refractivity contribution >= 4 is 11.9 Å². The van der Waals surface area contributed by atoms with Crippen molar-refractivity contribution in [2.75, 3.05) is 27.4 Å². The van der Waals surface area contributed by atoms with E-state index >= 15 is 0 Å². The number of methoxy groups -OCH3 is 2. The second-order valence-corrected chi connectivity index (χ2v) is 6.33. The zero-order valence-electron chi connectivity index (χ0n) is 14.2. The van der Waals surface area contributed by atoms with Crippen LogP contribution in [0.2, 0.25) is 0 Å². The second-order valence-electron chi connectivity index (χ2n) is 6.33. The molecule has 0 spiro atoms. The van der Waals surface area contributed by atoms with Gasteiger partial charge in [-0.2, -0.15) is 0 Å². The van der Waals surface area contributed by atoms with Crippen LogP contribution < -0.4 is 10.1 Å². The summed E-state index contributed by atoms with van der Waals surface area (Å²) in [5, 5.41) is 12.3. The number of rotatable bonds is 9. The summed E-state index contributed by atoms with van der Waals surface area (Å²) >= 11 is 0. The summed E-state index contributed by atoms with van der Waals surface area (Å²) < 4.78 is 10.4. The number of nitrogens with one attached hydrogen (secondary N) is 1. The van der Waals surface area contributed by atoms with E-state index in [1.165, 1.54) is 0 Å². The number of carbonyl (C=O) groups is 2. The molecule has 1 aromatic rings. The monoisotopic (exact) mass is 335 g/mol. The van der Waals surface area contributed by atoms with Crippen molar-refractivity contribution in [2.45, 2.75) is 25.7 Å². The lowest BCUT2D eigenvalue weighted by Gasteiger charge is -2.39. The molecule has 1 amide bonds. The van der Waals surface area contributed by atoms with Crippen LogP contribution in [0.25, 0.3) is 0 Å². The lowest BCUT2D eigenvalue weighted by atomic mass is 9.68. The third-order valence-corrected chi connectivity index (χ3v) is 4.73. The van der Waals surface area contributed by atoms with E-state index in [4.69, 9.17) is 9.47 Å². The lowest BCUT2D eigenvalue weighted by Crippen LogP contribution is -2.50. The summed E-state index contributed by atoms with van der Waals surface area (Å²) in [6.07, 6.45) is 2.88. The molecule has 1 aromatic carbocycles. The highest BCUT2D eigenvalue weighted by Gasteiger charge is 2.44. The molecule has 0 saturated heterocycles. The summed E-state index contributed by atoms with van der Waals surface area (Å²) in [6, 6.07) is 7.33. The zero-order valence-corrected chi connectivity index (χ0v) is 14.2. The van der Waals surface area contributed by atoms with E-state index in [9.17, 15) is 14.7 Å². The van der Waals surface area contributed by atoms with Crippen LogP contribution in [0.4, 0.5) is 0 Å². The number of carbonyl (C=O) groups excluding carboxylic acids is 1. The third-order valence-electron chi connectivity index (χ3n) is 4.73. The molecule has 1 fully saturated rings. The largest absolute Gasteiger partial charge is 0.496 e. The fourth-order valence-corrected chi connectivity index (χ4v) is 3.10. The van der Waals surface area contributed by atoms with Gasteiger partial charge < -0.3 is 19.9 Å². The first-order valence-corrected chi connectivity index (χ1v) is 8.14. The molecule has 132 valence electrons. The van der Waals surface area contributed by atoms with Gasteiger partial charge in [-0.25, -0.2) is 0 Å². The van der Waals surface area contributed by atoms with Gasteiger partial charge in [0, 0.05) is 13.7 Å². The van der Waals surface area contributed by atoms with Gasteiger partial charge in [0.25, 0.3) is 0 Å². The average Bonchev–Trinajstić information content (AvgIpc) is 2.54. The highest BCUT2D eigenvalue weighted by Crippen LogP contribution is 2.41. The Morgan fingerprint density at radius 1 is 1.29 bits per heavy atom. The highest BCUT2D eigenvalue weighted by atomic mass is 16.5. The summed E-state index contributed by atoms with van der Waals surface area (Å²) in [5.41, 5.74) is 0.333. The Hall–Kier alpha value is -2.08. The molecule has 0 radical (unpaired) electrons. The Kier molecular flexibility index (Phi) is 6.20. The number of hydrogen-bond donors (Lipinski definition) is 2. The Labute approximate surface area is 142 Å². The van der Waals surface area contributed by atoms with Gasteiger partial charge >= 0.3 is 5.97 Å². The second kappa shape index (κ2) is 8.15. The van der Waals surface area contributed by atoms with E-state index in [0.29, 0.717) is 18.8 Å². The standard InChI is InChI=1S/C18H25NO5/c1-23-12-18(8-5-9-18)17(22)19-11-14(16(20)21)10-13-6-3-4-7-15(13)24-2/h3-4,6-7,14H,5,8-12H2,1-2H3,(H,19,22)(H,20,21). The summed E-state index contributed by atoms with van der Waals surface area (Å²) in [4.78, 5) is 24.0. The maximum atomic E-state index is 12.4. The Balaban J connectivity index is 1.99. The number of carboxylic acids is 1. The van der Waals surface area contributed by atoms with Crippen molar-refractivity contribution < 1.29 is 24.2 Å². The minimum Gasteiger partial charge on any atom is -0.496 e. The third kappa shape index (κ3) is 4.06. The Morgan fingerprint density at radius 2 is 2.00 bits per heavy atom. The molecular formula is C18H25NO5. The molecule has 6 heteroatoms. The highest BCUT2D eigenvalue weighted by molar-refractivity contribution is 5.84. The maximum absolute atomic E-state index is 12.4. The number of hydrogen-bond acceptors (Lipinski definition) is 4. The topological polar surface area (TPSA) is 84.9 Å². The Bertz CT molecular complexity index is 583. The van der Waals surface area contributed by atoms with E-state index in [1.807, 2.05) is 18.2 Å². The smallest absolute Gasteiger partial charge is 0.308 e. The molecule has 1 aliphatic rings. The molecule has 2 rings (SSSR count). The molecule has 0 heterocycles. The van der Waals surface area contributed by atoms with Crippen molar-refractivity contribution in [3.05, 3.63) is 29.8 Å². The van der Waals surface area contributed by atoms with E-state index in [0.717, 1.165) is 24.8 Å². The summed E-state index contributed by atoms with van der Waals surface area (Å²) in [7, 11) is 3.14. The number of amides is 1. The molecule has 24 heavy (non-hydrogen) atoms. The summed E-state index contributed by atoms with van der Waals surface area (Å²) in [6.45, 7) is 0.473. The lowest BCUT2D eigenvalue weighted by molar-refractivity contribution is -0.143. The predicted molar refractivity (Wildman–Crippen MR) is 89.0 cm³/mol. The minimum absolute atomic E-state index is 0.0949. The summed E-state index contributed by atoms with van der Waals surface area (Å²) in [5.74, 6) is -1.09. The van der Waals surface area contributed by atoms with Gasteiger partial charge in [0.05, 0.1) is 25.0 Å². The molecule has 0 aromatic heterocycles. The molecule has 0 bridgehead atoms. The number of para-hydroxylation sites is 1. The normalized spacial score (nSPS) is 16.8. The van der Waals surface area contributed by atoms with Crippen molar-refractivity contribution in [3.63, 3.8) is 0 Å². The van der Waals surface area contributed by atoms with E-state index in [1.54, 1.807) is 20.3 Å². The van der Waals surface area contributed by atoms with Crippen LogP contribution in [0.15, 0.2) is 24.3 Å². The van der Waals surface area contributed by atoms with Gasteiger partial charge in [0.2, 0.25) is 5.91 Å². The van der Waals surface area contributed by atoms with Crippen LogP contribution in [0, 0.1) is 11.3 Å². The molecule has 1 atom stereocenters. The first-order valence-electron chi connectivity index (χ1n) is 8.14. The molecule has 2 N–H and O–H groups in total. The number of carboxylic acid groups (broad SMARTS) is 1. The molecule has 6 nitrogen and oxygen atoms in total. The molecule has 1 aliphatic carbocycles. The maximum Gasteiger partial charge on any atom is 0.308 e. The molecule has 1 unspecified atom stereocenters. The van der Waals surface area contributed by atoms with Gasteiger partial charge in [0.15, 0.2) is 0 Å². The Morgan fingerprint density at radius 3 is 2.54 bits per heavy atom. The predicted octanol–water partition coefficient (Wildman–Crippen LogP) is 1.87. The van der Waals surface area contributed by atoms with Crippen molar-refractivity contribution in [1.29, 1.82) is 0 Å². The van der Waals surface area contributed by atoms with Gasteiger partial charge in [-0.3, -0.25) is 9.59 Å². The van der Waals surface area contributed by atoms with E-state index in [2.05, 4.69) is 5.32 Å². The van der Waals surface area contributed by atoms with Gasteiger partial charge in [0.1, 0.15) is 5.75 Å². The quantitative estimate of drug-likeness (QED) is 0.720. The van der Waals surface area contributed by atoms with Gasteiger partial charge in [-0.1, -0.05) is 24.6 Å². The van der Waals surface area contributed by atoms with E-state index in [-0.39, 0.29) is 12.5 Å². The molecule has 1 saturated carbocycles. The van der Waals surface area contributed by atoms with Gasteiger partial charge in [-0.15, -0.1) is 0 Å². The average molecular weight is 335 g/mol. The number of ether oxygens (including phenoxy) is 2. The zero-order chi connectivity index (χ0) is 17.6.